The Morgan fingerprint density at radius 1 is 0.967 bits per heavy atom. The fraction of sp³-hybridized carbons (Fsp3) is 0.417. The van der Waals surface area contributed by atoms with Gasteiger partial charge in [-0.1, -0.05) is 30.3 Å². The molecule has 1 aliphatic rings. The summed E-state index contributed by atoms with van der Waals surface area (Å²) in [5.74, 6) is 1.95. The zero-order valence-electron chi connectivity index (χ0n) is 17.5. The molecule has 1 N–H and O–H groups in total. The number of rotatable bonds is 9. The van der Waals surface area contributed by atoms with Crippen LogP contribution in [0.4, 0.5) is 0 Å². The van der Waals surface area contributed by atoms with Crippen molar-refractivity contribution in [1.82, 2.24) is 10.2 Å². The molecule has 3 rings (SSSR count). The summed E-state index contributed by atoms with van der Waals surface area (Å²) in [7, 11) is 0. The van der Waals surface area contributed by atoms with Crippen LogP contribution >= 0.6 is 0 Å². The van der Waals surface area contributed by atoms with Gasteiger partial charge in [-0.3, -0.25) is 9.59 Å². The minimum absolute atomic E-state index is 0.0110. The average Bonchev–Trinajstić information content (AvgIpc) is 2.78. The Morgan fingerprint density at radius 2 is 1.63 bits per heavy atom. The molecule has 0 bridgehead atoms. The molecule has 6 heteroatoms. The van der Waals surface area contributed by atoms with Gasteiger partial charge in [0, 0.05) is 19.6 Å². The maximum absolute atomic E-state index is 12.3. The van der Waals surface area contributed by atoms with Crippen LogP contribution < -0.4 is 14.8 Å². The molecule has 0 atom stereocenters. The van der Waals surface area contributed by atoms with E-state index in [0.717, 1.165) is 24.2 Å². The molecule has 1 aliphatic heterocycles. The van der Waals surface area contributed by atoms with E-state index >= 15 is 0 Å². The molecule has 0 spiro atoms. The van der Waals surface area contributed by atoms with Gasteiger partial charge in [0.1, 0.15) is 11.5 Å². The Bertz CT molecular complexity index is 800. The van der Waals surface area contributed by atoms with E-state index in [2.05, 4.69) is 5.32 Å². The van der Waals surface area contributed by atoms with Gasteiger partial charge in [0.25, 0.3) is 5.91 Å². The van der Waals surface area contributed by atoms with Crippen molar-refractivity contribution in [1.29, 1.82) is 0 Å². The zero-order chi connectivity index (χ0) is 21.2. The van der Waals surface area contributed by atoms with Crippen molar-refractivity contribution in [2.45, 2.75) is 26.2 Å². The lowest BCUT2D eigenvalue weighted by Crippen LogP contribution is -2.43. The van der Waals surface area contributed by atoms with Gasteiger partial charge in [-0.2, -0.15) is 0 Å². The van der Waals surface area contributed by atoms with Crippen LogP contribution in [-0.2, 0) is 16.0 Å². The number of benzene rings is 2. The summed E-state index contributed by atoms with van der Waals surface area (Å²) in [6.07, 6.45) is 2.14. The highest BCUT2D eigenvalue weighted by Crippen LogP contribution is 2.17. The number of nitrogens with zero attached hydrogens (tertiary/aromatic N) is 1. The first-order valence-corrected chi connectivity index (χ1v) is 10.6. The first-order valence-electron chi connectivity index (χ1n) is 10.6. The molecule has 2 aromatic carbocycles. The van der Waals surface area contributed by atoms with E-state index in [9.17, 15) is 9.59 Å². The third kappa shape index (κ3) is 6.79. The van der Waals surface area contributed by atoms with Gasteiger partial charge in [-0.15, -0.1) is 0 Å². The summed E-state index contributed by atoms with van der Waals surface area (Å²) in [5, 5.41) is 3.03. The Balaban J connectivity index is 1.33. The molecule has 1 heterocycles. The zero-order valence-corrected chi connectivity index (χ0v) is 17.5. The van der Waals surface area contributed by atoms with Crippen molar-refractivity contribution in [3.05, 3.63) is 60.2 Å². The van der Waals surface area contributed by atoms with E-state index in [1.807, 2.05) is 66.4 Å². The van der Waals surface area contributed by atoms with Crippen LogP contribution in [0.1, 0.15) is 25.3 Å². The van der Waals surface area contributed by atoms with E-state index in [4.69, 9.17) is 9.47 Å². The SMILES string of the molecule is CCOc1ccc(CC(=O)NCC2CCN(C(=O)COc3ccccc3)CC2)cc1. The highest BCUT2D eigenvalue weighted by molar-refractivity contribution is 5.79. The van der Waals surface area contributed by atoms with Crippen molar-refractivity contribution in [3.8, 4) is 11.5 Å². The van der Waals surface area contributed by atoms with Crippen LogP contribution in [-0.4, -0.2) is 49.6 Å². The van der Waals surface area contributed by atoms with Gasteiger partial charge < -0.3 is 19.7 Å². The molecule has 30 heavy (non-hydrogen) atoms. The van der Waals surface area contributed by atoms with E-state index in [1.165, 1.54) is 0 Å². The van der Waals surface area contributed by atoms with Crippen LogP contribution in [0.15, 0.2) is 54.6 Å². The van der Waals surface area contributed by atoms with Gasteiger partial charge in [-0.25, -0.2) is 0 Å². The molecule has 160 valence electrons. The van der Waals surface area contributed by atoms with Crippen molar-refractivity contribution in [3.63, 3.8) is 0 Å². The lowest BCUT2D eigenvalue weighted by molar-refractivity contribution is -0.135. The van der Waals surface area contributed by atoms with Gasteiger partial charge in [-0.05, 0) is 55.5 Å². The standard InChI is InChI=1S/C24H30N2O4/c1-2-29-22-10-8-19(9-11-22)16-23(27)25-17-20-12-14-26(15-13-20)24(28)18-30-21-6-4-3-5-7-21/h3-11,20H,2,12-18H2,1H3,(H,25,27). The summed E-state index contributed by atoms with van der Waals surface area (Å²) < 4.78 is 11.0. The minimum Gasteiger partial charge on any atom is -0.494 e. The van der Waals surface area contributed by atoms with E-state index < -0.39 is 0 Å². The Hall–Kier alpha value is -3.02. The van der Waals surface area contributed by atoms with Crippen LogP contribution in [0.2, 0.25) is 0 Å². The Kier molecular flexibility index (Phi) is 8.12. The molecular weight excluding hydrogens is 380 g/mol. The summed E-state index contributed by atoms with van der Waals surface area (Å²) >= 11 is 0. The Labute approximate surface area is 178 Å². The average molecular weight is 411 g/mol. The topological polar surface area (TPSA) is 67.9 Å². The third-order valence-corrected chi connectivity index (χ3v) is 5.26. The molecule has 1 saturated heterocycles. The number of hydrogen-bond donors (Lipinski definition) is 1. The number of hydrogen-bond acceptors (Lipinski definition) is 4. The quantitative estimate of drug-likeness (QED) is 0.690. The number of carbonyl (C=O) groups is 2. The molecule has 6 nitrogen and oxygen atoms in total. The van der Waals surface area contributed by atoms with Gasteiger partial charge in [0.05, 0.1) is 13.0 Å². The number of ether oxygens (including phenoxy) is 2. The summed E-state index contributed by atoms with van der Waals surface area (Å²) in [6, 6.07) is 17.0. The van der Waals surface area contributed by atoms with E-state index in [1.54, 1.807) is 0 Å². The third-order valence-electron chi connectivity index (χ3n) is 5.26. The highest BCUT2D eigenvalue weighted by Gasteiger charge is 2.23. The number of amides is 2. The number of likely N-dealkylation sites (tertiary alicyclic amines) is 1. The van der Waals surface area contributed by atoms with Gasteiger partial charge in [0.2, 0.25) is 5.91 Å². The number of piperidine rings is 1. The first-order chi connectivity index (χ1) is 14.6. The maximum Gasteiger partial charge on any atom is 0.260 e. The van der Waals surface area contributed by atoms with Gasteiger partial charge >= 0.3 is 0 Å². The van der Waals surface area contributed by atoms with Gasteiger partial charge in [0.15, 0.2) is 6.61 Å². The molecule has 0 aromatic heterocycles. The molecule has 0 aliphatic carbocycles. The normalized spacial score (nSPS) is 14.2. The smallest absolute Gasteiger partial charge is 0.260 e. The number of nitrogens with one attached hydrogen (secondary N) is 1. The lowest BCUT2D eigenvalue weighted by Gasteiger charge is -2.32. The van der Waals surface area contributed by atoms with Crippen molar-refractivity contribution in [2.75, 3.05) is 32.8 Å². The fourth-order valence-corrected chi connectivity index (χ4v) is 3.52. The van der Waals surface area contributed by atoms with Crippen molar-refractivity contribution >= 4 is 11.8 Å². The van der Waals surface area contributed by atoms with Crippen LogP contribution in [0.3, 0.4) is 0 Å². The largest absolute Gasteiger partial charge is 0.494 e. The molecule has 2 aromatic rings. The highest BCUT2D eigenvalue weighted by atomic mass is 16.5. The van der Waals surface area contributed by atoms with E-state index in [0.29, 0.717) is 44.3 Å². The second-order valence-electron chi connectivity index (χ2n) is 7.48. The molecule has 0 radical (unpaired) electrons. The molecular formula is C24H30N2O4. The second-order valence-corrected chi connectivity index (χ2v) is 7.48. The molecule has 0 saturated carbocycles. The van der Waals surface area contributed by atoms with Crippen molar-refractivity contribution < 1.29 is 19.1 Å². The molecule has 0 unspecified atom stereocenters. The lowest BCUT2D eigenvalue weighted by atomic mass is 9.96. The monoisotopic (exact) mass is 410 g/mol. The summed E-state index contributed by atoms with van der Waals surface area (Å²) in [5.41, 5.74) is 0.967. The predicted octanol–water partition coefficient (Wildman–Crippen LogP) is 3.06. The molecule has 1 fully saturated rings. The maximum atomic E-state index is 12.3. The van der Waals surface area contributed by atoms with Crippen LogP contribution in [0, 0.1) is 5.92 Å². The van der Waals surface area contributed by atoms with E-state index in [-0.39, 0.29) is 18.4 Å². The number of carbonyl (C=O) groups excluding carboxylic acids is 2. The first kappa shape index (κ1) is 21.7. The van der Waals surface area contributed by atoms with Crippen LogP contribution in [0.5, 0.6) is 11.5 Å². The second kappa shape index (κ2) is 11.2. The predicted molar refractivity (Wildman–Crippen MR) is 116 cm³/mol. The summed E-state index contributed by atoms with van der Waals surface area (Å²) in [6.45, 7) is 4.70. The number of para-hydroxylation sites is 1. The minimum atomic E-state index is 0.0110. The van der Waals surface area contributed by atoms with Crippen molar-refractivity contribution in [2.24, 2.45) is 5.92 Å². The summed E-state index contributed by atoms with van der Waals surface area (Å²) in [4.78, 5) is 26.4. The Morgan fingerprint density at radius 3 is 2.30 bits per heavy atom. The van der Waals surface area contributed by atoms with Crippen LogP contribution in [0.25, 0.3) is 0 Å². The fourth-order valence-electron chi connectivity index (χ4n) is 3.52. The molecule has 2 amide bonds.